The van der Waals surface area contributed by atoms with Crippen molar-refractivity contribution in [2.75, 3.05) is 5.32 Å². The summed E-state index contributed by atoms with van der Waals surface area (Å²) in [7, 11) is 0. The van der Waals surface area contributed by atoms with Gasteiger partial charge in [0.1, 0.15) is 0 Å². The van der Waals surface area contributed by atoms with Gasteiger partial charge in [-0.25, -0.2) is 4.99 Å². The average Bonchev–Trinajstić information content (AvgIpc) is 3.02. The fourth-order valence-corrected chi connectivity index (χ4v) is 1.35. The molecule has 0 unspecified atom stereocenters. The highest BCUT2D eigenvalue weighted by Gasteiger charge is 2.32. The van der Waals surface area contributed by atoms with Crippen LogP contribution in [0.5, 0.6) is 5.75 Å². The van der Waals surface area contributed by atoms with Crippen LogP contribution in [0.2, 0.25) is 0 Å². The number of anilines is 1. The van der Waals surface area contributed by atoms with E-state index in [9.17, 15) is 13.2 Å². The van der Waals surface area contributed by atoms with E-state index >= 15 is 0 Å². The fourth-order valence-electron chi connectivity index (χ4n) is 1.35. The fraction of sp³-hybridized carbons (Fsp3) is 0.364. The van der Waals surface area contributed by atoms with Crippen LogP contribution in [0.25, 0.3) is 0 Å². The zero-order valence-electron chi connectivity index (χ0n) is 9.78. The number of para-hydroxylation sites is 2. The summed E-state index contributed by atoms with van der Waals surface area (Å²) in [6.07, 6.45) is -2.81. The molecule has 19 heavy (non-hydrogen) atoms. The highest BCUT2D eigenvalue weighted by Crippen LogP contribution is 2.30. The summed E-state index contributed by atoms with van der Waals surface area (Å²) >= 11 is 0. The lowest BCUT2D eigenvalue weighted by molar-refractivity contribution is -0.274. The number of benzene rings is 1. The van der Waals surface area contributed by atoms with E-state index in [1.54, 1.807) is 6.07 Å². The van der Waals surface area contributed by atoms with Crippen LogP contribution in [0.3, 0.4) is 0 Å². The van der Waals surface area contributed by atoms with E-state index in [0.717, 1.165) is 12.8 Å². The van der Waals surface area contributed by atoms with Gasteiger partial charge < -0.3 is 15.8 Å². The SMILES string of the molecule is I.NC(=NC1CC1)Nc1ccccc1OC(F)(F)F. The van der Waals surface area contributed by atoms with Crippen molar-refractivity contribution in [3.8, 4) is 5.75 Å². The first-order chi connectivity index (χ1) is 8.44. The number of hydrogen-bond donors (Lipinski definition) is 2. The predicted octanol–water partition coefficient (Wildman–Crippen LogP) is 3.09. The summed E-state index contributed by atoms with van der Waals surface area (Å²) in [5.41, 5.74) is 5.72. The molecule has 0 saturated heterocycles. The van der Waals surface area contributed by atoms with Crippen LogP contribution in [-0.4, -0.2) is 18.4 Å². The summed E-state index contributed by atoms with van der Waals surface area (Å²) < 4.78 is 40.4. The molecule has 0 atom stereocenters. The monoisotopic (exact) mass is 387 g/mol. The van der Waals surface area contributed by atoms with Gasteiger partial charge in [-0.3, -0.25) is 0 Å². The van der Waals surface area contributed by atoms with Crippen molar-refractivity contribution in [3.05, 3.63) is 24.3 Å². The molecule has 1 aliphatic carbocycles. The Bertz CT molecular complexity index is 461. The number of hydrogen-bond acceptors (Lipinski definition) is 2. The lowest BCUT2D eigenvalue weighted by Crippen LogP contribution is -2.24. The van der Waals surface area contributed by atoms with Crippen LogP contribution in [0.4, 0.5) is 18.9 Å². The summed E-state index contributed by atoms with van der Waals surface area (Å²) in [5.74, 6) is -0.241. The third-order valence-electron chi connectivity index (χ3n) is 2.24. The van der Waals surface area contributed by atoms with Crippen molar-refractivity contribution in [1.82, 2.24) is 0 Å². The maximum absolute atomic E-state index is 12.2. The number of alkyl halides is 3. The molecular weight excluding hydrogens is 374 g/mol. The molecule has 8 heteroatoms. The molecular formula is C11H13F3IN3O. The Labute approximate surface area is 125 Å². The minimum absolute atomic E-state index is 0. The van der Waals surface area contributed by atoms with Gasteiger partial charge in [0.05, 0.1) is 11.7 Å². The van der Waals surface area contributed by atoms with Crippen molar-refractivity contribution in [2.24, 2.45) is 10.7 Å². The van der Waals surface area contributed by atoms with Crippen LogP contribution in [0.15, 0.2) is 29.3 Å². The van der Waals surface area contributed by atoms with Gasteiger partial charge in [0.2, 0.25) is 0 Å². The summed E-state index contributed by atoms with van der Waals surface area (Å²) in [6, 6.07) is 5.86. The Kier molecular flexibility index (Phi) is 5.27. The van der Waals surface area contributed by atoms with E-state index in [0.29, 0.717) is 0 Å². The van der Waals surface area contributed by atoms with Crippen molar-refractivity contribution in [3.63, 3.8) is 0 Å². The smallest absolute Gasteiger partial charge is 0.404 e. The van der Waals surface area contributed by atoms with Gasteiger partial charge in [-0.15, -0.1) is 37.1 Å². The van der Waals surface area contributed by atoms with Crippen LogP contribution < -0.4 is 15.8 Å². The number of nitrogens with one attached hydrogen (secondary N) is 1. The lowest BCUT2D eigenvalue weighted by atomic mass is 10.3. The Hall–Kier alpha value is -1.19. The Balaban J connectivity index is 0.00000180. The van der Waals surface area contributed by atoms with Gasteiger partial charge in [0.15, 0.2) is 11.7 Å². The highest BCUT2D eigenvalue weighted by atomic mass is 127. The number of halogens is 4. The topological polar surface area (TPSA) is 59.6 Å². The highest BCUT2D eigenvalue weighted by molar-refractivity contribution is 14.0. The number of nitrogens with zero attached hydrogens (tertiary/aromatic N) is 1. The Morgan fingerprint density at radius 3 is 2.53 bits per heavy atom. The van der Waals surface area contributed by atoms with Crippen molar-refractivity contribution in [1.29, 1.82) is 0 Å². The molecule has 1 saturated carbocycles. The minimum Gasteiger partial charge on any atom is -0.404 e. The molecule has 1 fully saturated rings. The van der Waals surface area contributed by atoms with Gasteiger partial charge >= 0.3 is 6.36 Å². The quantitative estimate of drug-likeness (QED) is 0.476. The number of guanidine groups is 1. The first kappa shape index (κ1) is 15.9. The van der Waals surface area contributed by atoms with E-state index in [4.69, 9.17) is 5.73 Å². The van der Waals surface area contributed by atoms with Crippen LogP contribution in [0.1, 0.15) is 12.8 Å². The minimum atomic E-state index is -4.74. The average molecular weight is 387 g/mol. The Morgan fingerprint density at radius 2 is 1.95 bits per heavy atom. The zero-order valence-corrected chi connectivity index (χ0v) is 12.1. The molecule has 1 aromatic carbocycles. The Morgan fingerprint density at radius 1 is 1.32 bits per heavy atom. The third-order valence-corrected chi connectivity index (χ3v) is 2.24. The van der Waals surface area contributed by atoms with Crippen LogP contribution >= 0.6 is 24.0 Å². The molecule has 0 radical (unpaired) electrons. The standard InChI is InChI=1S/C11H12F3N3O.HI/c12-11(13,14)18-9-4-2-1-3-8(9)17-10(15)16-7-5-6-7;/h1-4,7H,5-6H2,(H3,15,16,17);1H. The van der Waals surface area contributed by atoms with E-state index < -0.39 is 6.36 Å². The van der Waals surface area contributed by atoms with Crippen molar-refractivity contribution >= 4 is 35.6 Å². The molecule has 0 amide bonds. The molecule has 1 aromatic rings. The molecule has 4 nitrogen and oxygen atoms in total. The molecule has 3 N–H and O–H groups in total. The summed E-state index contributed by atoms with van der Waals surface area (Å²) in [4.78, 5) is 4.07. The number of aliphatic imine (C=N–C) groups is 1. The van der Waals surface area contributed by atoms with Crippen LogP contribution in [-0.2, 0) is 0 Å². The molecule has 0 bridgehead atoms. The van der Waals surface area contributed by atoms with Gasteiger partial charge in [-0.05, 0) is 25.0 Å². The molecule has 0 aromatic heterocycles. The largest absolute Gasteiger partial charge is 0.573 e. The number of ether oxygens (including phenoxy) is 1. The van der Waals surface area contributed by atoms with E-state index in [1.165, 1.54) is 18.2 Å². The number of rotatable bonds is 3. The molecule has 0 spiro atoms. The zero-order chi connectivity index (χ0) is 13.2. The van der Waals surface area contributed by atoms with E-state index in [1.807, 2.05) is 0 Å². The normalized spacial score (nSPS) is 15.6. The maximum Gasteiger partial charge on any atom is 0.573 e. The molecule has 2 rings (SSSR count). The van der Waals surface area contributed by atoms with Gasteiger partial charge in [-0.2, -0.15) is 0 Å². The van der Waals surface area contributed by atoms with Gasteiger partial charge in [0.25, 0.3) is 0 Å². The summed E-state index contributed by atoms with van der Waals surface area (Å²) in [5, 5.41) is 2.61. The van der Waals surface area contributed by atoms with Gasteiger partial charge in [0, 0.05) is 0 Å². The molecule has 1 aliphatic rings. The first-order valence-electron chi connectivity index (χ1n) is 5.39. The second kappa shape index (κ2) is 6.31. The predicted molar refractivity (Wildman–Crippen MR) is 76.8 cm³/mol. The van der Waals surface area contributed by atoms with Crippen molar-refractivity contribution in [2.45, 2.75) is 25.2 Å². The molecule has 0 aliphatic heterocycles. The van der Waals surface area contributed by atoms with E-state index in [-0.39, 0.29) is 47.4 Å². The summed E-state index contributed by atoms with van der Waals surface area (Å²) in [6.45, 7) is 0. The molecule has 106 valence electrons. The molecule has 0 heterocycles. The first-order valence-corrected chi connectivity index (χ1v) is 5.39. The second-order valence-electron chi connectivity index (χ2n) is 3.91. The second-order valence-corrected chi connectivity index (χ2v) is 3.91. The lowest BCUT2D eigenvalue weighted by Gasteiger charge is -2.13. The maximum atomic E-state index is 12.2. The number of nitrogens with two attached hydrogens (primary N) is 1. The van der Waals surface area contributed by atoms with Crippen LogP contribution in [0, 0.1) is 0 Å². The van der Waals surface area contributed by atoms with Gasteiger partial charge in [-0.1, -0.05) is 12.1 Å². The van der Waals surface area contributed by atoms with E-state index in [2.05, 4.69) is 15.0 Å². The van der Waals surface area contributed by atoms with Crippen molar-refractivity contribution < 1.29 is 17.9 Å². The third kappa shape index (κ3) is 5.53.